The third-order valence-corrected chi connectivity index (χ3v) is 5.06. The van der Waals surface area contributed by atoms with Crippen LogP contribution in [0.1, 0.15) is 15.9 Å². The van der Waals surface area contributed by atoms with Crippen molar-refractivity contribution in [3.05, 3.63) is 105 Å². The van der Waals surface area contributed by atoms with Gasteiger partial charge in [0.05, 0.1) is 5.69 Å². The lowest BCUT2D eigenvalue weighted by Gasteiger charge is -2.17. The maximum atomic E-state index is 13.5. The van der Waals surface area contributed by atoms with E-state index in [0.29, 0.717) is 27.7 Å². The number of benzene rings is 3. The molecule has 0 radical (unpaired) electrons. The van der Waals surface area contributed by atoms with Gasteiger partial charge in [-0.2, -0.15) is 0 Å². The predicted octanol–water partition coefficient (Wildman–Crippen LogP) is 4.39. The number of halogens is 1. The van der Waals surface area contributed by atoms with E-state index in [2.05, 4.69) is 5.32 Å². The van der Waals surface area contributed by atoms with E-state index in [1.165, 1.54) is 4.57 Å². The van der Waals surface area contributed by atoms with Crippen molar-refractivity contribution in [2.24, 2.45) is 5.73 Å². The van der Waals surface area contributed by atoms with Crippen LogP contribution in [0, 0.1) is 5.41 Å². The Kier molecular flexibility index (Phi) is 5.83. The van der Waals surface area contributed by atoms with Crippen molar-refractivity contribution < 1.29 is 4.79 Å². The fourth-order valence-corrected chi connectivity index (χ4v) is 3.35. The number of hydrogen-bond acceptors (Lipinski definition) is 5. The number of hydrogen-bond donors (Lipinski definition) is 3. The number of nitrogens with zero attached hydrogens (tertiary/aromatic N) is 2. The van der Waals surface area contributed by atoms with Crippen LogP contribution in [0.4, 0.5) is 11.5 Å². The summed E-state index contributed by atoms with van der Waals surface area (Å²) in [4.78, 5) is 29.7. The summed E-state index contributed by atoms with van der Waals surface area (Å²) in [6.07, 6.45) is 0.979. The number of rotatable bonds is 6. The lowest BCUT2D eigenvalue weighted by molar-refractivity contribution is 0.100. The second-order valence-electron chi connectivity index (χ2n) is 6.89. The van der Waals surface area contributed by atoms with E-state index < -0.39 is 11.5 Å². The molecule has 0 atom stereocenters. The summed E-state index contributed by atoms with van der Waals surface area (Å²) in [5.74, 6) is 0.0259. The SMILES string of the molecule is N=Cc1c(Nc2ccccc2)nc(-c2ccc(C(N)=O)cc2)n(-c2ccc(Cl)cc2)c1=O. The van der Waals surface area contributed by atoms with E-state index in [4.69, 9.17) is 27.7 Å². The largest absolute Gasteiger partial charge is 0.366 e. The fourth-order valence-electron chi connectivity index (χ4n) is 3.22. The van der Waals surface area contributed by atoms with Crippen molar-refractivity contribution >= 4 is 35.2 Å². The quantitative estimate of drug-likeness (QED) is 0.383. The minimum absolute atomic E-state index is 0.0984. The number of nitrogens with two attached hydrogens (primary N) is 1. The van der Waals surface area contributed by atoms with Crippen molar-refractivity contribution in [3.63, 3.8) is 0 Å². The monoisotopic (exact) mass is 443 g/mol. The summed E-state index contributed by atoms with van der Waals surface area (Å²) in [5.41, 5.74) is 7.22. The molecule has 0 bridgehead atoms. The van der Waals surface area contributed by atoms with Gasteiger partial charge in [-0.05, 0) is 48.5 Å². The zero-order chi connectivity index (χ0) is 22.7. The fraction of sp³-hybridized carbons (Fsp3) is 0. The second kappa shape index (κ2) is 8.87. The zero-order valence-electron chi connectivity index (χ0n) is 16.7. The molecule has 158 valence electrons. The van der Waals surface area contributed by atoms with E-state index in [1.807, 2.05) is 30.3 Å². The predicted molar refractivity (Wildman–Crippen MR) is 126 cm³/mol. The lowest BCUT2D eigenvalue weighted by Crippen LogP contribution is -2.26. The third-order valence-electron chi connectivity index (χ3n) is 4.81. The topological polar surface area (TPSA) is 114 Å². The molecule has 0 aliphatic heterocycles. The molecule has 1 heterocycles. The Morgan fingerprint density at radius 3 is 2.25 bits per heavy atom. The first kappa shape index (κ1) is 21.0. The molecule has 0 aliphatic carbocycles. The van der Waals surface area contributed by atoms with Crippen LogP contribution in [0.3, 0.4) is 0 Å². The van der Waals surface area contributed by atoms with Crippen LogP contribution in [-0.4, -0.2) is 21.7 Å². The molecule has 1 aromatic heterocycles. The van der Waals surface area contributed by atoms with Crippen molar-refractivity contribution in [2.45, 2.75) is 0 Å². The molecule has 1 amide bonds. The maximum absolute atomic E-state index is 13.5. The van der Waals surface area contributed by atoms with Gasteiger partial charge in [0.15, 0.2) is 0 Å². The molecule has 0 saturated carbocycles. The maximum Gasteiger partial charge on any atom is 0.269 e. The van der Waals surface area contributed by atoms with E-state index in [0.717, 1.165) is 11.9 Å². The van der Waals surface area contributed by atoms with Crippen molar-refractivity contribution in [1.82, 2.24) is 9.55 Å². The highest BCUT2D eigenvalue weighted by molar-refractivity contribution is 6.30. The van der Waals surface area contributed by atoms with Gasteiger partial charge < -0.3 is 16.5 Å². The molecular formula is C24H18ClN5O2. The van der Waals surface area contributed by atoms with Gasteiger partial charge in [-0.25, -0.2) is 4.98 Å². The summed E-state index contributed by atoms with van der Waals surface area (Å²) >= 11 is 6.02. The van der Waals surface area contributed by atoms with E-state index in [1.54, 1.807) is 48.5 Å². The summed E-state index contributed by atoms with van der Waals surface area (Å²) < 4.78 is 1.41. The van der Waals surface area contributed by atoms with Crippen molar-refractivity contribution in [1.29, 1.82) is 5.41 Å². The molecular weight excluding hydrogens is 426 g/mol. The van der Waals surface area contributed by atoms with Crippen LogP contribution in [0.2, 0.25) is 5.02 Å². The normalized spacial score (nSPS) is 10.5. The number of amides is 1. The molecule has 0 saturated heterocycles. The van der Waals surface area contributed by atoms with Crippen LogP contribution in [0.15, 0.2) is 83.7 Å². The van der Waals surface area contributed by atoms with E-state index >= 15 is 0 Å². The van der Waals surface area contributed by atoms with Crippen LogP contribution >= 0.6 is 11.6 Å². The lowest BCUT2D eigenvalue weighted by atomic mass is 10.1. The van der Waals surface area contributed by atoms with Gasteiger partial charge in [0.25, 0.3) is 5.56 Å². The summed E-state index contributed by atoms with van der Waals surface area (Å²) in [5, 5.41) is 11.5. The Hall–Kier alpha value is -4.23. The molecule has 4 aromatic rings. The zero-order valence-corrected chi connectivity index (χ0v) is 17.5. The van der Waals surface area contributed by atoms with Gasteiger partial charge in [-0.15, -0.1) is 0 Å². The smallest absolute Gasteiger partial charge is 0.269 e. The standard InChI is InChI=1S/C24H18ClN5O2/c25-17-10-12-19(13-11-17)30-23(16-8-6-15(7-9-16)21(27)31)29-22(20(14-26)24(30)32)28-18-4-2-1-3-5-18/h1-14,26,28H,(H2,27,31). The number of para-hydroxylation sites is 1. The Morgan fingerprint density at radius 1 is 1.00 bits per heavy atom. The van der Waals surface area contributed by atoms with Gasteiger partial charge in [0.2, 0.25) is 5.91 Å². The van der Waals surface area contributed by atoms with Crippen LogP contribution in [0.5, 0.6) is 0 Å². The molecule has 8 heteroatoms. The third kappa shape index (κ3) is 4.14. The first-order valence-corrected chi connectivity index (χ1v) is 10.0. The van der Waals surface area contributed by atoms with Crippen molar-refractivity contribution in [3.8, 4) is 17.1 Å². The number of aromatic nitrogens is 2. The number of nitrogens with one attached hydrogen (secondary N) is 2. The molecule has 0 unspecified atom stereocenters. The highest BCUT2D eigenvalue weighted by atomic mass is 35.5. The first-order chi connectivity index (χ1) is 15.5. The first-order valence-electron chi connectivity index (χ1n) is 9.63. The highest BCUT2D eigenvalue weighted by Crippen LogP contribution is 2.25. The molecule has 0 fully saturated rings. The Balaban J connectivity index is 1.97. The molecule has 7 nitrogen and oxygen atoms in total. The van der Waals surface area contributed by atoms with E-state index in [9.17, 15) is 9.59 Å². The minimum atomic E-state index is -0.551. The van der Waals surface area contributed by atoms with Gasteiger partial charge >= 0.3 is 0 Å². The van der Waals surface area contributed by atoms with Gasteiger partial charge in [-0.1, -0.05) is 41.9 Å². The minimum Gasteiger partial charge on any atom is -0.366 e. The Bertz CT molecular complexity index is 1350. The Labute approximate surface area is 188 Å². The van der Waals surface area contributed by atoms with E-state index in [-0.39, 0.29) is 11.4 Å². The van der Waals surface area contributed by atoms with Gasteiger partial charge in [0.1, 0.15) is 17.2 Å². The van der Waals surface area contributed by atoms with Crippen LogP contribution in [-0.2, 0) is 0 Å². The number of carbonyl (C=O) groups excluding carboxylic acids is 1. The summed E-state index contributed by atoms with van der Waals surface area (Å²) in [6.45, 7) is 0. The molecule has 4 rings (SSSR count). The number of carbonyl (C=O) groups is 1. The second-order valence-corrected chi connectivity index (χ2v) is 7.33. The van der Waals surface area contributed by atoms with Crippen molar-refractivity contribution in [2.75, 3.05) is 5.32 Å². The molecule has 3 aromatic carbocycles. The summed E-state index contributed by atoms with van der Waals surface area (Å²) in [7, 11) is 0. The van der Waals surface area contributed by atoms with Crippen LogP contribution in [0.25, 0.3) is 17.1 Å². The average Bonchev–Trinajstić information content (AvgIpc) is 2.80. The molecule has 0 spiro atoms. The molecule has 4 N–H and O–H groups in total. The van der Waals surface area contributed by atoms with Gasteiger partial charge in [-0.3, -0.25) is 14.2 Å². The van der Waals surface area contributed by atoms with Gasteiger partial charge in [0, 0.05) is 28.1 Å². The molecule has 32 heavy (non-hydrogen) atoms. The van der Waals surface area contributed by atoms with Crippen LogP contribution < -0.4 is 16.6 Å². The highest BCUT2D eigenvalue weighted by Gasteiger charge is 2.18. The number of primary amides is 1. The summed E-state index contributed by atoms with van der Waals surface area (Å²) in [6, 6.07) is 22.5. The number of anilines is 2. The molecule has 0 aliphatic rings. The Morgan fingerprint density at radius 2 is 1.66 bits per heavy atom. The average molecular weight is 444 g/mol.